The lowest BCUT2D eigenvalue weighted by Crippen LogP contribution is -2.30. The predicted octanol–water partition coefficient (Wildman–Crippen LogP) is 4.67. The molecule has 0 saturated carbocycles. The van der Waals surface area contributed by atoms with Crippen LogP contribution in [0.15, 0.2) is 41.3 Å². The standard InChI is InChI=1S/C22H19ClFNO4/c1-11(2)17-10-29-18-8-12(6-13-4-3-5-16(23)19(13)24)7-14-20(18)25(17)9-15(21(14)26)22(27)28/h3-5,7-9,11,17H,6,10H2,1-2H3,(H,27,28). The maximum atomic E-state index is 14.3. The van der Waals surface area contributed by atoms with Gasteiger partial charge in [-0.2, -0.15) is 0 Å². The molecule has 4 rings (SSSR count). The summed E-state index contributed by atoms with van der Waals surface area (Å²) in [6.45, 7) is 4.38. The van der Waals surface area contributed by atoms with Crippen molar-refractivity contribution in [2.75, 3.05) is 6.61 Å². The van der Waals surface area contributed by atoms with E-state index in [2.05, 4.69) is 0 Å². The van der Waals surface area contributed by atoms with Crippen molar-refractivity contribution in [2.45, 2.75) is 26.3 Å². The molecule has 5 nitrogen and oxygen atoms in total. The second-order valence-corrected chi connectivity index (χ2v) is 7.99. The minimum Gasteiger partial charge on any atom is -0.489 e. The monoisotopic (exact) mass is 415 g/mol. The van der Waals surface area contributed by atoms with Gasteiger partial charge in [0.25, 0.3) is 0 Å². The smallest absolute Gasteiger partial charge is 0.341 e. The number of pyridine rings is 1. The van der Waals surface area contributed by atoms with Crippen molar-refractivity contribution < 1.29 is 19.0 Å². The van der Waals surface area contributed by atoms with Crippen LogP contribution in [-0.4, -0.2) is 22.2 Å². The molecule has 7 heteroatoms. The highest BCUT2D eigenvalue weighted by Crippen LogP contribution is 2.36. The molecular weight excluding hydrogens is 397 g/mol. The lowest BCUT2D eigenvalue weighted by Gasteiger charge is -2.32. The van der Waals surface area contributed by atoms with E-state index >= 15 is 0 Å². The molecule has 29 heavy (non-hydrogen) atoms. The molecule has 0 aliphatic carbocycles. The summed E-state index contributed by atoms with van der Waals surface area (Å²) in [5.74, 6) is -1.12. The van der Waals surface area contributed by atoms with Crippen LogP contribution in [0.25, 0.3) is 10.9 Å². The number of nitrogens with zero attached hydrogens (tertiary/aromatic N) is 1. The van der Waals surface area contributed by atoms with E-state index in [1.807, 2.05) is 18.4 Å². The number of hydrogen-bond acceptors (Lipinski definition) is 3. The van der Waals surface area contributed by atoms with E-state index in [0.717, 1.165) is 0 Å². The topological polar surface area (TPSA) is 68.5 Å². The van der Waals surface area contributed by atoms with Gasteiger partial charge in [-0.25, -0.2) is 9.18 Å². The second-order valence-electron chi connectivity index (χ2n) is 7.59. The minimum atomic E-state index is -1.28. The number of hydrogen-bond donors (Lipinski definition) is 1. The summed E-state index contributed by atoms with van der Waals surface area (Å²) in [4.78, 5) is 24.5. The van der Waals surface area contributed by atoms with Gasteiger partial charge in [-0.15, -0.1) is 0 Å². The second kappa shape index (κ2) is 7.19. The zero-order valence-electron chi connectivity index (χ0n) is 15.9. The Labute approximate surface area is 171 Å². The maximum absolute atomic E-state index is 14.3. The molecule has 2 aromatic carbocycles. The van der Waals surface area contributed by atoms with Gasteiger partial charge in [-0.3, -0.25) is 4.79 Å². The fourth-order valence-electron chi connectivity index (χ4n) is 3.81. The average molecular weight is 416 g/mol. The highest BCUT2D eigenvalue weighted by molar-refractivity contribution is 6.30. The van der Waals surface area contributed by atoms with Gasteiger partial charge in [0.1, 0.15) is 23.7 Å². The van der Waals surface area contributed by atoms with Crippen LogP contribution in [0.3, 0.4) is 0 Å². The molecule has 0 spiro atoms. The normalized spacial score (nSPS) is 15.6. The molecule has 1 aromatic heterocycles. The molecule has 0 radical (unpaired) electrons. The van der Waals surface area contributed by atoms with Crippen molar-refractivity contribution >= 4 is 28.5 Å². The van der Waals surface area contributed by atoms with Gasteiger partial charge in [-0.05, 0) is 35.2 Å². The van der Waals surface area contributed by atoms with E-state index in [1.165, 1.54) is 12.3 Å². The van der Waals surface area contributed by atoms with E-state index in [1.54, 1.807) is 24.3 Å². The first-order valence-corrected chi connectivity index (χ1v) is 9.66. The number of benzene rings is 2. The summed E-state index contributed by atoms with van der Waals surface area (Å²) >= 11 is 5.87. The van der Waals surface area contributed by atoms with Gasteiger partial charge in [0.2, 0.25) is 5.43 Å². The number of aromatic carboxylic acids is 1. The quantitative estimate of drug-likeness (QED) is 0.672. The zero-order chi connectivity index (χ0) is 20.9. The van der Waals surface area contributed by atoms with Gasteiger partial charge < -0.3 is 14.4 Å². The van der Waals surface area contributed by atoms with E-state index in [4.69, 9.17) is 16.3 Å². The molecular formula is C22H19ClFNO4. The third kappa shape index (κ3) is 3.27. The number of carboxylic acids is 1. The van der Waals surface area contributed by atoms with Crippen LogP contribution in [-0.2, 0) is 6.42 Å². The summed E-state index contributed by atoms with van der Waals surface area (Å²) in [6, 6.07) is 8.05. The first kappa shape index (κ1) is 19.5. The highest BCUT2D eigenvalue weighted by Gasteiger charge is 2.28. The molecule has 1 aliphatic rings. The van der Waals surface area contributed by atoms with E-state index < -0.39 is 17.2 Å². The predicted molar refractivity (Wildman–Crippen MR) is 109 cm³/mol. The lowest BCUT2D eigenvalue weighted by atomic mass is 9.97. The molecule has 0 amide bonds. The Morgan fingerprint density at radius 2 is 2.14 bits per heavy atom. The van der Waals surface area contributed by atoms with Crippen molar-refractivity contribution in [2.24, 2.45) is 5.92 Å². The van der Waals surface area contributed by atoms with Gasteiger partial charge in [-0.1, -0.05) is 37.6 Å². The van der Waals surface area contributed by atoms with Crippen molar-refractivity contribution in [1.29, 1.82) is 0 Å². The Morgan fingerprint density at radius 1 is 1.38 bits per heavy atom. The van der Waals surface area contributed by atoms with Gasteiger partial charge in [0.15, 0.2) is 0 Å². The van der Waals surface area contributed by atoms with Gasteiger partial charge in [0.05, 0.1) is 22.0 Å². The first-order valence-electron chi connectivity index (χ1n) is 9.28. The summed E-state index contributed by atoms with van der Waals surface area (Å²) in [5.41, 5.74) is 0.728. The van der Waals surface area contributed by atoms with Crippen molar-refractivity contribution in [3.05, 3.63) is 74.3 Å². The Morgan fingerprint density at radius 3 is 2.83 bits per heavy atom. The number of halogens is 2. The average Bonchev–Trinajstić information content (AvgIpc) is 2.67. The van der Waals surface area contributed by atoms with Gasteiger partial charge in [0, 0.05) is 12.6 Å². The van der Waals surface area contributed by atoms with Crippen molar-refractivity contribution in [1.82, 2.24) is 4.57 Å². The van der Waals surface area contributed by atoms with Crippen LogP contribution < -0.4 is 10.2 Å². The molecule has 0 bridgehead atoms. The summed E-state index contributed by atoms with van der Waals surface area (Å²) in [6.07, 6.45) is 1.60. The fraction of sp³-hybridized carbons (Fsp3) is 0.273. The Hall–Kier alpha value is -2.86. The first-order chi connectivity index (χ1) is 13.8. The van der Waals surface area contributed by atoms with Crippen LogP contribution in [0.5, 0.6) is 5.75 Å². The fourth-order valence-corrected chi connectivity index (χ4v) is 4.01. The number of aromatic nitrogens is 1. The summed E-state index contributed by atoms with van der Waals surface area (Å²) in [7, 11) is 0. The summed E-state index contributed by atoms with van der Waals surface area (Å²) in [5, 5.41) is 9.80. The zero-order valence-corrected chi connectivity index (χ0v) is 16.7. The molecule has 1 atom stereocenters. The Bertz CT molecular complexity index is 1200. The van der Waals surface area contributed by atoms with Crippen LogP contribution in [0, 0.1) is 11.7 Å². The van der Waals surface area contributed by atoms with Gasteiger partial charge >= 0.3 is 5.97 Å². The minimum absolute atomic E-state index is 0.0242. The van der Waals surface area contributed by atoms with E-state index in [-0.39, 0.29) is 34.4 Å². The molecule has 1 aliphatic heterocycles. The number of carboxylic acid groups (broad SMARTS) is 1. The SMILES string of the molecule is CC(C)C1COc2cc(Cc3cccc(Cl)c3F)cc3c(=O)c(C(=O)O)cn1c23. The molecule has 2 heterocycles. The number of carbonyl (C=O) groups is 1. The van der Waals surface area contributed by atoms with Crippen LogP contribution in [0.4, 0.5) is 4.39 Å². The number of ether oxygens (including phenoxy) is 1. The van der Waals surface area contributed by atoms with Crippen LogP contribution in [0.2, 0.25) is 5.02 Å². The van der Waals surface area contributed by atoms with E-state index in [0.29, 0.717) is 29.0 Å². The Kier molecular flexibility index (Phi) is 4.82. The third-order valence-corrected chi connectivity index (χ3v) is 5.64. The van der Waals surface area contributed by atoms with Crippen LogP contribution >= 0.6 is 11.6 Å². The molecule has 0 saturated heterocycles. The number of rotatable bonds is 4. The Balaban J connectivity index is 1.95. The highest BCUT2D eigenvalue weighted by atomic mass is 35.5. The third-order valence-electron chi connectivity index (χ3n) is 5.34. The van der Waals surface area contributed by atoms with Crippen molar-refractivity contribution in [3.63, 3.8) is 0 Å². The largest absolute Gasteiger partial charge is 0.489 e. The lowest BCUT2D eigenvalue weighted by molar-refractivity contribution is 0.0693. The van der Waals surface area contributed by atoms with Crippen LogP contribution in [0.1, 0.15) is 41.4 Å². The molecule has 0 fully saturated rings. The molecule has 150 valence electrons. The van der Waals surface area contributed by atoms with Crippen molar-refractivity contribution in [3.8, 4) is 5.75 Å². The maximum Gasteiger partial charge on any atom is 0.341 e. The molecule has 1 unspecified atom stereocenters. The van der Waals surface area contributed by atoms with E-state index in [9.17, 15) is 19.1 Å². The molecule has 3 aromatic rings. The summed E-state index contributed by atoms with van der Waals surface area (Å²) < 4.78 is 22.1. The molecule has 1 N–H and O–H groups in total.